The summed E-state index contributed by atoms with van der Waals surface area (Å²) in [7, 11) is 0. The average molecular weight is 552 g/mol. The third-order valence-electron chi connectivity index (χ3n) is 10.5. The zero-order chi connectivity index (χ0) is 27.7. The van der Waals surface area contributed by atoms with Gasteiger partial charge in [0.2, 0.25) is 0 Å². The number of carbonyl (C=O) groups is 2. The van der Waals surface area contributed by atoms with Crippen LogP contribution in [0.3, 0.4) is 0 Å². The molecule has 41 heavy (non-hydrogen) atoms. The molecule has 0 radical (unpaired) electrons. The van der Waals surface area contributed by atoms with E-state index in [-0.39, 0.29) is 35.4 Å². The summed E-state index contributed by atoms with van der Waals surface area (Å²) < 4.78 is 6.48. The Hall–Kier alpha value is -3.52. The number of ketones is 2. The fraction of sp³-hybridized carbons (Fsp3) is 0.515. The Labute approximate surface area is 240 Å². The van der Waals surface area contributed by atoms with Crippen LogP contribution in [0, 0.1) is 18.8 Å². The molecule has 212 valence electrons. The van der Waals surface area contributed by atoms with Crippen molar-refractivity contribution < 1.29 is 14.3 Å². The molecule has 1 aromatic heterocycles. The van der Waals surface area contributed by atoms with Crippen molar-refractivity contribution in [2.45, 2.75) is 57.5 Å². The molecule has 8 nitrogen and oxygen atoms in total. The summed E-state index contributed by atoms with van der Waals surface area (Å²) in [6, 6.07) is 13.4. The predicted octanol–water partition coefficient (Wildman–Crippen LogP) is 4.10. The Morgan fingerprint density at radius 1 is 0.927 bits per heavy atom. The van der Waals surface area contributed by atoms with Gasteiger partial charge in [-0.15, -0.1) is 0 Å². The number of aromatic nitrogens is 2. The van der Waals surface area contributed by atoms with E-state index in [2.05, 4.69) is 58.0 Å². The van der Waals surface area contributed by atoms with E-state index in [1.165, 1.54) is 47.7 Å². The van der Waals surface area contributed by atoms with Gasteiger partial charge in [-0.3, -0.25) is 14.5 Å². The molecule has 4 fully saturated rings. The first kappa shape index (κ1) is 25.2. The number of benzene rings is 2. The first-order valence-corrected chi connectivity index (χ1v) is 15.3. The summed E-state index contributed by atoms with van der Waals surface area (Å²) in [5.41, 5.74) is 4.73. The van der Waals surface area contributed by atoms with E-state index in [0.717, 1.165) is 43.1 Å². The quantitative estimate of drug-likeness (QED) is 0.439. The molecule has 5 aliphatic rings. The van der Waals surface area contributed by atoms with E-state index in [1.807, 2.05) is 0 Å². The highest BCUT2D eigenvalue weighted by molar-refractivity contribution is 6.09. The number of carbonyl (C=O) groups excluding carboxylic acids is 2. The zero-order valence-electron chi connectivity index (χ0n) is 23.8. The van der Waals surface area contributed by atoms with Crippen LogP contribution in [0.2, 0.25) is 0 Å². The van der Waals surface area contributed by atoms with Gasteiger partial charge in [0.15, 0.2) is 0 Å². The lowest BCUT2D eigenvalue weighted by atomic mass is 9.95. The normalized spacial score (nSPS) is 25.2. The van der Waals surface area contributed by atoms with Gasteiger partial charge in [0.1, 0.15) is 24.0 Å². The number of nitrogens with zero attached hydrogens (tertiary/aromatic N) is 5. The van der Waals surface area contributed by atoms with Crippen molar-refractivity contribution in [3.63, 3.8) is 0 Å². The van der Waals surface area contributed by atoms with Gasteiger partial charge in [-0.2, -0.15) is 9.97 Å². The topological polar surface area (TPSA) is 78.9 Å². The summed E-state index contributed by atoms with van der Waals surface area (Å²) in [6.45, 7) is 7.73. The minimum atomic E-state index is -0.208. The molecule has 0 bridgehead atoms. The molecule has 2 aromatic carbocycles. The number of hydrogen-bond donors (Lipinski definition) is 0. The van der Waals surface area contributed by atoms with Crippen molar-refractivity contribution in [3.05, 3.63) is 53.2 Å². The number of anilines is 2. The van der Waals surface area contributed by atoms with E-state index in [0.29, 0.717) is 32.3 Å². The first-order chi connectivity index (χ1) is 20.0. The molecule has 2 unspecified atom stereocenters. The maximum Gasteiger partial charge on any atom is 0.318 e. The van der Waals surface area contributed by atoms with Gasteiger partial charge in [0, 0.05) is 48.1 Å². The van der Waals surface area contributed by atoms with Crippen LogP contribution < -0.4 is 14.5 Å². The second kappa shape index (κ2) is 9.51. The molecule has 5 heterocycles. The molecule has 4 aliphatic heterocycles. The highest BCUT2D eigenvalue weighted by Gasteiger charge is 2.49. The number of aryl methyl sites for hydroxylation is 1. The summed E-state index contributed by atoms with van der Waals surface area (Å²) in [5, 5.41) is 2.53. The summed E-state index contributed by atoms with van der Waals surface area (Å²) in [6.07, 6.45) is 5.67. The minimum Gasteiger partial charge on any atom is -0.461 e. The van der Waals surface area contributed by atoms with Crippen LogP contribution in [0.4, 0.5) is 11.5 Å². The Morgan fingerprint density at radius 3 is 2.41 bits per heavy atom. The predicted molar refractivity (Wildman–Crippen MR) is 158 cm³/mol. The van der Waals surface area contributed by atoms with Crippen LogP contribution >= 0.6 is 0 Å². The summed E-state index contributed by atoms with van der Waals surface area (Å²) in [4.78, 5) is 42.4. The monoisotopic (exact) mass is 551 g/mol. The molecule has 8 heteroatoms. The van der Waals surface area contributed by atoms with E-state index in [1.54, 1.807) is 0 Å². The fourth-order valence-corrected chi connectivity index (χ4v) is 8.41. The molecule has 1 aliphatic carbocycles. The molecule has 0 amide bonds. The van der Waals surface area contributed by atoms with Crippen molar-refractivity contribution >= 4 is 33.8 Å². The van der Waals surface area contributed by atoms with Crippen molar-refractivity contribution in [1.29, 1.82) is 0 Å². The van der Waals surface area contributed by atoms with Gasteiger partial charge in [-0.05, 0) is 69.1 Å². The van der Waals surface area contributed by atoms with Crippen molar-refractivity contribution in [3.8, 4) is 6.01 Å². The van der Waals surface area contributed by atoms with Gasteiger partial charge in [0.25, 0.3) is 0 Å². The van der Waals surface area contributed by atoms with Gasteiger partial charge in [-0.1, -0.05) is 30.3 Å². The Kier molecular flexibility index (Phi) is 5.85. The van der Waals surface area contributed by atoms with Crippen LogP contribution in [-0.2, 0) is 22.6 Å². The molecular formula is C33H37N5O3. The number of ether oxygens (including phenoxy) is 1. The van der Waals surface area contributed by atoms with Gasteiger partial charge in [0.05, 0.1) is 24.2 Å². The molecular weight excluding hydrogens is 514 g/mol. The zero-order valence-corrected chi connectivity index (χ0v) is 23.8. The fourth-order valence-electron chi connectivity index (χ4n) is 8.41. The number of hydrogen-bond acceptors (Lipinski definition) is 8. The minimum absolute atomic E-state index is 0.0843. The maximum absolute atomic E-state index is 12.6. The third-order valence-corrected chi connectivity index (χ3v) is 10.5. The van der Waals surface area contributed by atoms with Gasteiger partial charge >= 0.3 is 6.01 Å². The van der Waals surface area contributed by atoms with Crippen LogP contribution in [0.5, 0.6) is 6.01 Å². The average Bonchev–Trinajstić information content (AvgIpc) is 3.74. The van der Waals surface area contributed by atoms with Gasteiger partial charge < -0.3 is 14.5 Å². The largest absolute Gasteiger partial charge is 0.461 e. The number of rotatable bonds is 5. The first-order valence-electron chi connectivity index (χ1n) is 15.3. The molecule has 2 atom stereocenters. The van der Waals surface area contributed by atoms with E-state index >= 15 is 0 Å². The summed E-state index contributed by atoms with van der Waals surface area (Å²) >= 11 is 0. The number of Topliss-reactive ketones (excluding diaryl/α,β-unsaturated/α-hetero) is 2. The van der Waals surface area contributed by atoms with Crippen LogP contribution in [-0.4, -0.2) is 71.3 Å². The lowest BCUT2D eigenvalue weighted by Gasteiger charge is -2.34. The molecule has 0 N–H and O–H groups in total. The van der Waals surface area contributed by atoms with Gasteiger partial charge in [-0.25, -0.2) is 0 Å². The van der Waals surface area contributed by atoms with Crippen molar-refractivity contribution in [1.82, 2.24) is 14.9 Å². The number of fused-ring (bicyclic) bond motifs is 4. The standard InChI is InChI=1S/C33H37N5O3/c1-21-6-2-7-22-8-3-9-27(30(21)22)36-15-10-23-26(19-36)34-32(41-20-33-11-4-13-38(33)14-5-12-33)35-31(23)37-17-24-25(18-37)29(40)16-28(24)39/h2-3,6-9,24-25H,4-5,10-20H2,1H3. The van der Waals surface area contributed by atoms with Crippen molar-refractivity contribution in [2.24, 2.45) is 11.8 Å². The molecule has 8 rings (SSSR count). The Morgan fingerprint density at radius 2 is 1.66 bits per heavy atom. The van der Waals surface area contributed by atoms with Crippen LogP contribution in [0.25, 0.3) is 10.8 Å². The van der Waals surface area contributed by atoms with E-state index in [9.17, 15) is 9.59 Å². The van der Waals surface area contributed by atoms with E-state index < -0.39 is 0 Å². The molecule has 0 spiro atoms. The lowest BCUT2D eigenvalue weighted by molar-refractivity contribution is -0.123. The molecule has 1 saturated carbocycles. The maximum atomic E-state index is 12.6. The van der Waals surface area contributed by atoms with Crippen molar-refractivity contribution in [2.75, 3.05) is 49.1 Å². The second-order valence-corrected chi connectivity index (χ2v) is 12.8. The Bertz CT molecular complexity index is 1530. The molecule has 3 aromatic rings. The molecule has 3 saturated heterocycles. The van der Waals surface area contributed by atoms with Crippen LogP contribution in [0.1, 0.15) is 48.9 Å². The van der Waals surface area contributed by atoms with Crippen LogP contribution in [0.15, 0.2) is 36.4 Å². The highest BCUT2D eigenvalue weighted by Crippen LogP contribution is 2.41. The SMILES string of the molecule is Cc1cccc2cccc(N3CCc4c(nc(OCC56CCCN5CCC6)nc4N4CC5C(=O)CC(=O)C5C4)C3)c12. The van der Waals surface area contributed by atoms with E-state index in [4.69, 9.17) is 14.7 Å². The summed E-state index contributed by atoms with van der Waals surface area (Å²) in [5.74, 6) is 0.615. The smallest absolute Gasteiger partial charge is 0.318 e. The Balaban J connectivity index is 1.15. The highest BCUT2D eigenvalue weighted by atomic mass is 16.5. The lowest BCUT2D eigenvalue weighted by Crippen LogP contribution is -2.43. The second-order valence-electron chi connectivity index (χ2n) is 12.8. The third kappa shape index (κ3) is 4.05.